The van der Waals surface area contributed by atoms with Crippen LogP contribution in [-0.4, -0.2) is 11.2 Å². The Bertz CT molecular complexity index is 305. The molecule has 2 bridgehead atoms. The number of aliphatic hydroxyl groups is 1. The standard InChI is InChI=1S/C10H16.C10H22.C3H8O/c1-7-8-4-5-9(6-8)10(7,2)3;1-3-5-7-9-10-8-6-4-2;1-3(2)4/h8-9H,1,4-6H2,2-3H3;3-10H2,1-2H3;3-4H,1-2H3. The number of hydrogen-bond acceptors (Lipinski definition) is 1. The minimum Gasteiger partial charge on any atom is -0.394 e. The molecule has 0 heterocycles. The summed E-state index contributed by atoms with van der Waals surface area (Å²) in [7, 11) is 0. The van der Waals surface area contributed by atoms with Crippen molar-refractivity contribution in [3.8, 4) is 0 Å². The summed E-state index contributed by atoms with van der Waals surface area (Å²) < 4.78 is 0. The van der Waals surface area contributed by atoms with E-state index >= 15 is 0 Å². The first-order valence-electron chi connectivity index (χ1n) is 10.6. The maximum absolute atomic E-state index is 8.06. The van der Waals surface area contributed by atoms with Crippen molar-refractivity contribution in [2.24, 2.45) is 17.3 Å². The summed E-state index contributed by atoms with van der Waals surface area (Å²) in [4.78, 5) is 0. The number of unbranched alkanes of at least 4 members (excludes halogenated alkanes) is 7. The summed E-state index contributed by atoms with van der Waals surface area (Å²) in [5, 5.41) is 8.06. The molecule has 2 aliphatic carbocycles. The van der Waals surface area contributed by atoms with Crippen molar-refractivity contribution in [2.75, 3.05) is 0 Å². The molecule has 0 spiro atoms. The molecule has 1 N–H and O–H groups in total. The van der Waals surface area contributed by atoms with Gasteiger partial charge in [0.15, 0.2) is 0 Å². The zero-order valence-electron chi connectivity index (χ0n) is 17.7. The summed E-state index contributed by atoms with van der Waals surface area (Å²) in [6.45, 7) is 16.9. The second-order valence-electron chi connectivity index (χ2n) is 8.67. The highest BCUT2D eigenvalue weighted by atomic mass is 16.3. The SMILES string of the molecule is C=C1C2CCC(C2)C1(C)C.CC(C)O.CCCCCCCCCC. The van der Waals surface area contributed by atoms with E-state index in [0.717, 1.165) is 11.8 Å². The van der Waals surface area contributed by atoms with Crippen LogP contribution in [0.15, 0.2) is 12.2 Å². The summed E-state index contributed by atoms with van der Waals surface area (Å²) >= 11 is 0. The monoisotopic (exact) mass is 338 g/mol. The number of rotatable bonds is 7. The van der Waals surface area contributed by atoms with Gasteiger partial charge in [-0.25, -0.2) is 0 Å². The Morgan fingerprint density at radius 2 is 1.38 bits per heavy atom. The summed E-state index contributed by atoms with van der Waals surface area (Å²) in [5.74, 6) is 1.85. The van der Waals surface area contributed by atoms with Crippen LogP contribution in [0.4, 0.5) is 0 Å². The van der Waals surface area contributed by atoms with E-state index in [0.29, 0.717) is 5.41 Å². The molecule has 2 rings (SSSR count). The van der Waals surface area contributed by atoms with E-state index in [4.69, 9.17) is 5.11 Å². The van der Waals surface area contributed by atoms with Crippen molar-refractivity contribution in [1.82, 2.24) is 0 Å². The van der Waals surface area contributed by atoms with E-state index < -0.39 is 0 Å². The van der Waals surface area contributed by atoms with Gasteiger partial charge in [0, 0.05) is 6.10 Å². The van der Waals surface area contributed by atoms with Gasteiger partial charge in [-0.3, -0.25) is 0 Å². The van der Waals surface area contributed by atoms with Gasteiger partial charge < -0.3 is 5.11 Å². The highest BCUT2D eigenvalue weighted by molar-refractivity contribution is 5.22. The van der Waals surface area contributed by atoms with E-state index in [-0.39, 0.29) is 6.10 Å². The number of allylic oxidation sites excluding steroid dienone is 1. The highest BCUT2D eigenvalue weighted by Crippen LogP contribution is 2.58. The Labute approximate surface area is 153 Å². The van der Waals surface area contributed by atoms with Crippen LogP contribution < -0.4 is 0 Å². The van der Waals surface area contributed by atoms with Crippen LogP contribution in [0.5, 0.6) is 0 Å². The van der Waals surface area contributed by atoms with Gasteiger partial charge in [-0.1, -0.05) is 91.2 Å². The molecule has 2 unspecified atom stereocenters. The Morgan fingerprint density at radius 3 is 1.62 bits per heavy atom. The van der Waals surface area contributed by atoms with Gasteiger partial charge in [0.2, 0.25) is 0 Å². The first kappa shape index (κ1) is 23.7. The minimum absolute atomic E-state index is 0.167. The topological polar surface area (TPSA) is 20.2 Å². The van der Waals surface area contributed by atoms with Crippen molar-refractivity contribution in [1.29, 1.82) is 0 Å². The third kappa shape index (κ3) is 9.25. The lowest BCUT2D eigenvalue weighted by atomic mass is 9.73. The number of fused-ring (bicyclic) bond motifs is 2. The first-order valence-corrected chi connectivity index (χ1v) is 10.6. The van der Waals surface area contributed by atoms with E-state index in [2.05, 4.69) is 34.3 Å². The van der Waals surface area contributed by atoms with Gasteiger partial charge >= 0.3 is 0 Å². The minimum atomic E-state index is -0.167. The molecule has 1 heteroatoms. The Morgan fingerprint density at radius 1 is 0.958 bits per heavy atom. The van der Waals surface area contributed by atoms with Gasteiger partial charge in [-0.05, 0) is 50.4 Å². The largest absolute Gasteiger partial charge is 0.394 e. The fourth-order valence-corrected chi connectivity index (χ4v) is 3.95. The average molecular weight is 339 g/mol. The average Bonchev–Trinajstić information content (AvgIpc) is 3.06. The van der Waals surface area contributed by atoms with Gasteiger partial charge in [0.1, 0.15) is 0 Å². The Balaban J connectivity index is 0.000000363. The second kappa shape index (κ2) is 13.0. The first-order chi connectivity index (χ1) is 11.3. The molecule has 0 aromatic carbocycles. The molecule has 0 amide bonds. The van der Waals surface area contributed by atoms with Crippen LogP contribution in [0.1, 0.15) is 112 Å². The summed E-state index contributed by atoms with van der Waals surface area (Å²) in [6.07, 6.45) is 15.6. The summed E-state index contributed by atoms with van der Waals surface area (Å²) in [6, 6.07) is 0. The third-order valence-electron chi connectivity index (χ3n) is 5.73. The fraction of sp³-hybridized carbons (Fsp3) is 0.913. The van der Waals surface area contributed by atoms with Crippen molar-refractivity contribution in [3.63, 3.8) is 0 Å². The molecular weight excluding hydrogens is 292 g/mol. The fourth-order valence-electron chi connectivity index (χ4n) is 3.95. The molecule has 2 atom stereocenters. The van der Waals surface area contributed by atoms with Crippen molar-refractivity contribution in [3.05, 3.63) is 12.2 Å². The maximum Gasteiger partial charge on any atom is 0.0483 e. The molecule has 0 aliphatic heterocycles. The van der Waals surface area contributed by atoms with Crippen molar-refractivity contribution in [2.45, 2.75) is 118 Å². The zero-order valence-corrected chi connectivity index (χ0v) is 17.7. The lowest BCUT2D eigenvalue weighted by Crippen LogP contribution is -2.21. The lowest BCUT2D eigenvalue weighted by Gasteiger charge is -2.31. The maximum atomic E-state index is 8.06. The summed E-state index contributed by atoms with van der Waals surface area (Å²) in [5.41, 5.74) is 2.01. The van der Waals surface area contributed by atoms with E-state index in [1.165, 1.54) is 76.2 Å². The Kier molecular flexibility index (Phi) is 12.8. The molecule has 0 saturated heterocycles. The van der Waals surface area contributed by atoms with Crippen LogP contribution in [0.3, 0.4) is 0 Å². The van der Waals surface area contributed by atoms with Gasteiger partial charge in [0.25, 0.3) is 0 Å². The van der Waals surface area contributed by atoms with Crippen LogP contribution in [0, 0.1) is 17.3 Å². The zero-order chi connectivity index (χ0) is 18.6. The Hall–Kier alpha value is -0.300. The predicted octanol–water partition coefficient (Wildman–Crippen LogP) is 7.53. The van der Waals surface area contributed by atoms with E-state index in [1.54, 1.807) is 13.8 Å². The molecule has 0 radical (unpaired) electrons. The van der Waals surface area contributed by atoms with Crippen molar-refractivity contribution < 1.29 is 5.11 Å². The molecule has 24 heavy (non-hydrogen) atoms. The number of aliphatic hydroxyl groups excluding tert-OH is 1. The molecule has 144 valence electrons. The van der Waals surface area contributed by atoms with Crippen LogP contribution >= 0.6 is 0 Å². The van der Waals surface area contributed by atoms with Crippen LogP contribution in [-0.2, 0) is 0 Å². The molecule has 0 aromatic heterocycles. The van der Waals surface area contributed by atoms with Gasteiger partial charge in [0.05, 0.1) is 0 Å². The number of hydrogen-bond donors (Lipinski definition) is 1. The molecule has 2 aliphatic rings. The van der Waals surface area contributed by atoms with Crippen LogP contribution in [0.2, 0.25) is 0 Å². The highest BCUT2D eigenvalue weighted by Gasteiger charge is 2.47. The normalized spacial score (nSPS) is 23.6. The van der Waals surface area contributed by atoms with E-state index in [9.17, 15) is 0 Å². The lowest BCUT2D eigenvalue weighted by molar-refractivity contribution is 0.216. The smallest absolute Gasteiger partial charge is 0.0483 e. The second-order valence-corrected chi connectivity index (χ2v) is 8.67. The molecular formula is C23H46O. The molecule has 2 saturated carbocycles. The van der Waals surface area contributed by atoms with Gasteiger partial charge in [-0.15, -0.1) is 0 Å². The predicted molar refractivity (Wildman–Crippen MR) is 109 cm³/mol. The third-order valence-corrected chi connectivity index (χ3v) is 5.73. The van der Waals surface area contributed by atoms with Crippen molar-refractivity contribution >= 4 is 0 Å². The van der Waals surface area contributed by atoms with E-state index in [1.807, 2.05) is 0 Å². The molecule has 0 aromatic rings. The molecule has 1 nitrogen and oxygen atoms in total. The quantitative estimate of drug-likeness (QED) is 0.375. The van der Waals surface area contributed by atoms with Gasteiger partial charge in [-0.2, -0.15) is 0 Å². The van der Waals surface area contributed by atoms with Crippen LogP contribution in [0.25, 0.3) is 0 Å². The molecule has 2 fully saturated rings.